The Kier molecular flexibility index (Phi) is 5.53. The molecule has 1 amide bonds. The molecule has 0 radical (unpaired) electrons. The number of amides is 1. The summed E-state index contributed by atoms with van der Waals surface area (Å²) in [4.78, 5) is 11.8. The molecule has 100 valence electrons. The van der Waals surface area contributed by atoms with Gasteiger partial charge in [-0.05, 0) is 24.6 Å². The first kappa shape index (κ1) is 14.9. The van der Waals surface area contributed by atoms with Crippen LogP contribution in [-0.2, 0) is 9.53 Å². The van der Waals surface area contributed by atoms with Crippen LogP contribution in [-0.4, -0.2) is 31.7 Å². The number of ether oxygens (including phenoxy) is 1. The van der Waals surface area contributed by atoms with Crippen molar-refractivity contribution in [3.05, 3.63) is 29.6 Å². The zero-order valence-corrected chi connectivity index (χ0v) is 10.8. The molecule has 1 aliphatic heterocycles. The van der Waals surface area contributed by atoms with Crippen LogP contribution in [0.25, 0.3) is 0 Å². The molecule has 2 N–H and O–H groups in total. The van der Waals surface area contributed by atoms with Crippen LogP contribution in [0.1, 0.15) is 5.56 Å². The molecule has 1 aromatic carbocycles. The predicted molar refractivity (Wildman–Crippen MR) is 69.6 cm³/mol. The summed E-state index contributed by atoms with van der Waals surface area (Å²) in [6.45, 7) is 3.35. The van der Waals surface area contributed by atoms with E-state index in [0.29, 0.717) is 19.8 Å². The number of carbonyl (C=O) groups excluding carboxylic acids is 1. The van der Waals surface area contributed by atoms with E-state index >= 15 is 0 Å². The van der Waals surface area contributed by atoms with Crippen LogP contribution in [0.3, 0.4) is 0 Å². The number of hydrogen-bond acceptors (Lipinski definition) is 3. The Bertz CT molecular complexity index is 423. The normalized spacial score (nSPS) is 18.9. The van der Waals surface area contributed by atoms with E-state index in [1.54, 1.807) is 19.1 Å². The molecule has 1 unspecified atom stereocenters. The number of halogens is 2. The fraction of sp³-hybridized carbons (Fsp3) is 0.417. The summed E-state index contributed by atoms with van der Waals surface area (Å²) >= 11 is 0. The van der Waals surface area contributed by atoms with Gasteiger partial charge in [0.25, 0.3) is 0 Å². The van der Waals surface area contributed by atoms with Crippen LogP contribution in [0.4, 0.5) is 10.1 Å². The fourth-order valence-corrected chi connectivity index (χ4v) is 1.68. The number of aryl methyl sites for hydroxylation is 1. The molecule has 0 aliphatic carbocycles. The third-order valence-corrected chi connectivity index (χ3v) is 2.62. The maximum Gasteiger partial charge on any atom is 0.243 e. The second kappa shape index (κ2) is 6.68. The number of hydrogen-bond donors (Lipinski definition) is 2. The zero-order chi connectivity index (χ0) is 12.3. The van der Waals surface area contributed by atoms with E-state index in [1.807, 2.05) is 0 Å². The molecule has 1 fully saturated rings. The molecule has 0 aromatic heterocycles. The summed E-state index contributed by atoms with van der Waals surface area (Å²) in [5.74, 6) is -0.692. The lowest BCUT2D eigenvalue weighted by Gasteiger charge is -2.23. The SMILES string of the molecule is Cc1ccc(NC(=O)C2COCCN2)c(F)c1.Cl. The topological polar surface area (TPSA) is 50.4 Å². The van der Waals surface area contributed by atoms with Gasteiger partial charge in [-0.25, -0.2) is 4.39 Å². The smallest absolute Gasteiger partial charge is 0.243 e. The van der Waals surface area contributed by atoms with E-state index in [2.05, 4.69) is 10.6 Å². The minimum absolute atomic E-state index is 0. The summed E-state index contributed by atoms with van der Waals surface area (Å²) in [6, 6.07) is 4.29. The van der Waals surface area contributed by atoms with Crippen molar-refractivity contribution in [1.82, 2.24) is 5.32 Å². The van der Waals surface area contributed by atoms with Crippen molar-refractivity contribution in [2.24, 2.45) is 0 Å². The first-order chi connectivity index (χ1) is 8.16. The molecule has 4 nitrogen and oxygen atoms in total. The Labute approximate surface area is 111 Å². The maximum atomic E-state index is 13.5. The first-order valence-electron chi connectivity index (χ1n) is 5.55. The molecular weight excluding hydrogens is 259 g/mol. The molecule has 18 heavy (non-hydrogen) atoms. The van der Waals surface area contributed by atoms with Gasteiger partial charge in [0.05, 0.1) is 18.9 Å². The maximum absolute atomic E-state index is 13.5. The molecule has 0 bridgehead atoms. The van der Waals surface area contributed by atoms with Crippen LogP contribution in [0.15, 0.2) is 18.2 Å². The van der Waals surface area contributed by atoms with Gasteiger partial charge in [-0.3, -0.25) is 4.79 Å². The van der Waals surface area contributed by atoms with Crippen molar-refractivity contribution >= 4 is 24.0 Å². The van der Waals surface area contributed by atoms with E-state index < -0.39 is 11.9 Å². The van der Waals surface area contributed by atoms with Crippen molar-refractivity contribution in [2.75, 3.05) is 25.1 Å². The number of morpholine rings is 1. The van der Waals surface area contributed by atoms with E-state index in [0.717, 1.165) is 5.56 Å². The molecule has 0 saturated carbocycles. The lowest BCUT2D eigenvalue weighted by molar-refractivity contribution is -0.120. The standard InChI is InChI=1S/C12H15FN2O2.ClH/c1-8-2-3-10(9(13)6-8)15-12(16)11-7-17-5-4-14-11;/h2-3,6,11,14H,4-5,7H2,1H3,(H,15,16);1H. The Morgan fingerprint density at radius 1 is 1.56 bits per heavy atom. The minimum Gasteiger partial charge on any atom is -0.378 e. The van der Waals surface area contributed by atoms with Gasteiger partial charge < -0.3 is 15.4 Å². The van der Waals surface area contributed by atoms with Gasteiger partial charge in [0.1, 0.15) is 11.9 Å². The van der Waals surface area contributed by atoms with Gasteiger partial charge in [0.2, 0.25) is 5.91 Å². The number of rotatable bonds is 2. The summed E-state index contributed by atoms with van der Waals surface area (Å²) in [5.41, 5.74) is 1.02. The number of benzene rings is 1. The molecule has 6 heteroatoms. The van der Waals surface area contributed by atoms with Crippen LogP contribution in [0.5, 0.6) is 0 Å². The quantitative estimate of drug-likeness (QED) is 0.859. The Morgan fingerprint density at radius 3 is 2.94 bits per heavy atom. The van der Waals surface area contributed by atoms with Gasteiger partial charge in [-0.1, -0.05) is 6.07 Å². The van der Waals surface area contributed by atoms with Crippen LogP contribution >= 0.6 is 12.4 Å². The van der Waals surface area contributed by atoms with Crippen molar-refractivity contribution in [1.29, 1.82) is 0 Å². The molecule has 0 spiro atoms. The third-order valence-electron chi connectivity index (χ3n) is 2.62. The Hall–Kier alpha value is -1.17. The molecule has 2 rings (SSSR count). The molecule has 1 saturated heterocycles. The van der Waals surface area contributed by atoms with Gasteiger partial charge in [0, 0.05) is 6.54 Å². The number of anilines is 1. The van der Waals surface area contributed by atoms with Gasteiger partial charge >= 0.3 is 0 Å². The number of nitrogens with one attached hydrogen (secondary N) is 2. The molecular formula is C12H16ClFN2O2. The summed E-state index contributed by atoms with van der Waals surface area (Å²) < 4.78 is 18.7. The third kappa shape index (κ3) is 3.66. The number of carbonyl (C=O) groups is 1. The van der Waals surface area contributed by atoms with E-state index in [4.69, 9.17) is 4.74 Å². The lowest BCUT2D eigenvalue weighted by Crippen LogP contribution is -2.48. The van der Waals surface area contributed by atoms with Crippen LogP contribution < -0.4 is 10.6 Å². The second-order valence-corrected chi connectivity index (χ2v) is 4.05. The molecule has 1 aliphatic rings. The molecule has 1 heterocycles. The van der Waals surface area contributed by atoms with E-state index in [9.17, 15) is 9.18 Å². The van der Waals surface area contributed by atoms with Crippen molar-refractivity contribution in [3.8, 4) is 0 Å². The highest BCUT2D eigenvalue weighted by Gasteiger charge is 2.21. The highest BCUT2D eigenvalue weighted by Crippen LogP contribution is 2.15. The van der Waals surface area contributed by atoms with E-state index in [-0.39, 0.29) is 24.0 Å². The zero-order valence-electron chi connectivity index (χ0n) is 10.0. The van der Waals surface area contributed by atoms with Crippen LogP contribution in [0, 0.1) is 12.7 Å². The second-order valence-electron chi connectivity index (χ2n) is 4.05. The fourth-order valence-electron chi connectivity index (χ4n) is 1.68. The molecule has 1 atom stereocenters. The van der Waals surface area contributed by atoms with Gasteiger partial charge in [0.15, 0.2) is 0 Å². The van der Waals surface area contributed by atoms with Crippen molar-refractivity contribution < 1.29 is 13.9 Å². The summed E-state index contributed by atoms with van der Waals surface area (Å²) in [5, 5.41) is 5.56. The monoisotopic (exact) mass is 274 g/mol. The largest absolute Gasteiger partial charge is 0.378 e. The molecule has 1 aromatic rings. The lowest BCUT2D eigenvalue weighted by atomic mass is 10.2. The Morgan fingerprint density at radius 2 is 2.33 bits per heavy atom. The van der Waals surface area contributed by atoms with Crippen molar-refractivity contribution in [3.63, 3.8) is 0 Å². The highest BCUT2D eigenvalue weighted by atomic mass is 35.5. The van der Waals surface area contributed by atoms with Gasteiger partial charge in [-0.2, -0.15) is 0 Å². The van der Waals surface area contributed by atoms with E-state index in [1.165, 1.54) is 6.07 Å². The average molecular weight is 275 g/mol. The highest BCUT2D eigenvalue weighted by molar-refractivity contribution is 5.95. The summed E-state index contributed by atoms with van der Waals surface area (Å²) in [7, 11) is 0. The van der Waals surface area contributed by atoms with Crippen LogP contribution in [0.2, 0.25) is 0 Å². The first-order valence-corrected chi connectivity index (χ1v) is 5.55. The van der Waals surface area contributed by atoms with Crippen molar-refractivity contribution in [2.45, 2.75) is 13.0 Å². The van der Waals surface area contributed by atoms with Gasteiger partial charge in [-0.15, -0.1) is 12.4 Å². The average Bonchev–Trinajstić information content (AvgIpc) is 2.34. The predicted octanol–water partition coefficient (Wildman–Crippen LogP) is 1.48. The summed E-state index contributed by atoms with van der Waals surface area (Å²) in [6.07, 6.45) is 0. The Balaban J connectivity index is 0.00000162. The minimum atomic E-state index is -0.421.